The average Bonchev–Trinajstić information content (AvgIpc) is 2.33. The summed E-state index contributed by atoms with van der Waals surface area (Å²) >= 11 is 0. The molecule has 0 aromatic heterocycles. The van der Waals surface area contributed by atoms with E-state index in [4.69, 9.17) is 0 Å². The molecule has 3 nitrogen and oxygen atoms in total. The van der Waals surface area contributed by atoms with Crippen molar-refractivity contribution in [2.45, 2.75) is 78.1 Å². The van der Waals surface area contributed by atoms with E-state index in [1.54, 1.807) is 6.21 Å². The number of nitrogens with zero attached hydrogens (tertiary/aromatic N) is 1. The van der Waals surface area contributed by atoms with Crippen LogP contribution < -0.4 is 5.43 Å². The van der Waals surface area contributed by atoms with Gasteiger partial charge in [-0.2, -0.15) is 5.10 Å². The van der Waals surface area contributed by atoms with Crippen molar-refractivity contribution in [3.63, 3.8) is 0 Å². The Balaban J connectivity index is 3.22. The normalized spacial score (nSPS) is 10.9. The molecule has 0 heterocycles. The molecule has 0 unspecified atom stereocenters. The van der Waals surface area contributed by atoms with Gasteiger partial charge < -0.3 is 0 Å². The molecule has 0 atom stereocenters. The Kier molecular flexibility index (Phi) is 12.5. The van der Waals surface area contributed by atoms with Gasteiger partial charge in [0.1, 0.15) is 0 Å². The van der Waals surface area contributed by atoms with Crippen LogP contribution in [0.15, 0.2) is 5.10 Å². The minimum Gasteiger partial charge on any atom is -0.273 e. The molecule has 0 bridgehead atoms. The van der Waals surface area contributed by atoms with Gasteiger partial charge in [0.15, 0.2) is 0 Å². The zero-order valence-electron chi connectivity index (χ0n) is 11.5. The average molecular weight is 240 g/mol. The van der Waals surface area contributed by atoms with Gasteiger partial charge in [-0.15, -0.1) is 0 Å². The van der Waals surface area contributed by atoms with Crippen LogP contribution in [0.3, 0.4) is 0 Å². The second-order valence-corrected chi connectivity index (χ2v) is 4.51. The summed E-state index contributed by atoms with van der Waals surface area (Å²) in [5.74, 6) is 0.0471. The van der Waals surface area contributed by atoms with Crippen molar-refractivity contribution < 1.29 is 4.79 Å². The van der Waals surface area contributed by atoms with Gasteiger partial charge in [0, 0.05) is 12.6 Å². The third-order valence-corrected chi connectivity index (χ3v) is 2.71. The van der Waals surface area contributed by atoms with E-state index in [-0.39, 0.29) is 5.91 Å². The van der Waals surface area contributed by atoms with Crippen LogP contribution in [0.4, 0.5) is 0 Å². The number of rotatable bonds is 11. The zero-order valence-corrected chi connectivity index (χ0v) is 11.5. The quantitative estimate of drug-likeness (QED) is 0.331. The SMILES string of the molecule is CCC/C=N/NC(=O)CCCCCCCCC. The summed E-state index contributed by atoms with van der Waals surface area (Å²) in [6, 6.07) is 0. The summed E-state index contributed by atoms with van der Waals surface area (Å²) in [6.07, 6.45) is 13.1. The maximum absolute atomic E-state index is 11.3. The van der Waals surface area contributed by atoms with E-state index in [9.17, 15) is 4.79 Å². The molecule has 17 heavy (non-hydrogen) atoms. The molecule has 0 aliphatic heterocycles. The summed E-state index contributed by atoms with van der Waals surface area (Å²) < 4.78 is 0. The van der Waals surface area contributed by atoms with Crippen LogP contribution in [0, 0.1) is 0 Å². The molecule has 0 rings (SSSR count). The fourth-order valence-corrected chi connectivity index (χ4v) is 1.61. The summed E-state index contributed by atoms with van der Waals surface area (Å²) in [5, 5.41) is 3.88. The maximum atomic E-state index is 11.3. The van der Waals surface area contributed by atoms with Gasteiger partial charge in [0.25, 0.3) is 0 Å². The van der Waals surface area contributed by atoms with Crippen LogP contribution in [-0.4, -0.2) is 12.1 Å². The first-order chi connectivity index (χ1) is 8.31. The van der Waals surface area contributed by atoms with E-state index >= 15 is 0 Å². The van der Waals surface area contributed by atoms with Crippen LogP contribution in [0.25, 0.3) is 0 Å². The Morgan fingerprint density at radius 1 is 1.00 bits per heavy atom. The highest BCUT2D eigenvalue weighted by Gasteiger charge is 1.98. The van der Waals surface area contributed by atoms with Gasteiger partial charge in [0.05, 0.1) is 0 Å². The van der Waals surface area contributed by atoms with Crippen molar-refractivity contribution in [2.24, 2.45) is 5.10 Å². The topological polar surface area (TPSA) is 41.5 Å². The minimum absolute atomic E-state index is 0.0471. The Morgan fingerprint density at radius 3 is 2.29 bits per heavy atom. The monoisotopic (exact) mass is 240 g/mol. The maximum Gasteiger partial charge on any atom is 0.240 e. The van der Waals surface area contributed by atoms with Crippen LogP contribution in [-0.2, 0) is 4.79 Å². The lowest BCUT2D eigenvalue weighted by Gasteiger charge is -2.01. The van der Waals surface area contributed by atoms with Crippen LogP contribution in [0.5, 0.6) is 0 Å². The summed E-state index contributed by atoms with van der Waals surface area (Å²) in [5.41, 5.74) is 2.56. The number of amides is 1. The number of hydrazone groups is 1. The van der Waals surface area contributed by atoms with E-state index in [1.807, 2.05) is 0 Å². The van der Waals surface area contributed by atoms with Crippen molar-refractivity contribution >= 4 is 12.1 Å². The standard InChI is InChI=1S/C14H28N2O/c1-3-5-7-8-9-10-11-12-14(17)16-15-13-6-4-2/h13H,3-12H2,1-2H3,(H,16,17)/b15-13+. The van der Waals surface area contributed by atoms with E-state index < -0.39 is 0 Å². The molecule has 0 aromatic carbocycles. The number of nitrogens with one attached hydrogen (secondary N) is 1. The predicted octanol–water partition coefficient (Wildman–Crippen LogP) is 4.03. The molecule has 0 aromatic rings. The second-order valence-electron chi connectivity index (χ2n) is 4.51. The Labute approximate surface area is 106 Å². The molecule has 3 heteroatoms. The third-order valence-electron chi connectivity index (χ3n) is 2.71. The van der Waals surface area contributed by atoms with E-state index in [1.165, 1.54) is 32.1 Å². The van der Waals surface area contributed by atoms with Crippen molar-refractivity contribution in [2.75, 3.05) is 0 Å². The summed E-state index contributed by atoms with van der Waals surface area (Å²) in [6.45, 7) is 4.32. The second kappa shape index (κ2) is 13.2. The largest absolute Gasteiger partial charge is 0.273 e. The smallest absolute Gasteiger partial charge is 0.240 e. The first-order valence-corrected chi connectivity index (χ1v) is 7.11. The molecule has 0 saturated carbocycles. The summed E-state index contributed by atoms with van der Waals surface area (Å²) in [7, 11) is 0. The lowest BCUT2D eigenvalue weighted by Crippen LogP contribution is -2.16. The third kappa shape index (κ3) is 13.1. The van der Waals surface area contributed by atoms with Gasteiger partial charge in [-0.3, -0.25) is 4.79 Å². The number of unbranched alkanes of at least 4 members (excludes halogenated alkanes) is 7. The Hall–Kier alpha value is -0.860. The molecule has 0 fully saturated rings. The molecule has 0 saturated heterocycles. The molecule has 0 spiro atoms. The zero-order chi connectivity index (χ0) is 12.8. The van der Waals surface area contributed by atoms with E-state index in [0.717, 1.165) is 25.7 Å². The van der Waals surface area contributed by atoms with Crippen molar-refractivity contribution in [1.82, 2.24) is 5.43 Å². The molecule has 1 amide bonds. The van der Waals surface area contributed by atoms with Crippen LogP contribution >= 0.6 is 0 Å². The highest BCUT2D eigenvalue weighted by atomic mass is 16.2. The lowest BCUT2D eigenvalue weighted by atomic mass is 10.1. The Morgan fingerprint density at radius 2 is 1.65 bits per heavy atom. The Bertz CT molecular complexity index is 202. The molecule has 100 valence electrons. The molecule has 0 aliphatic carbocycles. The molecule has 0 radical (unpaired) electrons. The van der Waals surface area contributed by atoms with Gasteiger partial charge in [-0.1, -0.05) is 58.8 Å². The fourth-order valence-electron chi connectivity index (χ4n) is 1.61. The van der Waals surface area contributed by atoms with Crippen molar-refractivity contribution in [3.8, 4) is 0 Å². The van der Waals surface area contributed by atoms with Crippen LogP contribution in [0.1, 0.15) is 78.1 Å². The molecular weight excluding hydrogens is 212 g/mol. The predicted molar refractivity (Wildman–Crippen MR) is 74.2 cm³/mol. The van der Waals surface area contributed by atoms with E-state index in [2.05, 4.69) is 24.4 Å². The van der Waals surface area contributed by atoms with Gasteiger partial charge in [-0.25, -0.2) is 5.43 Å². The number of carbonyl (C=O) groups is 1. The first-order valence-electron chi connectivity index (χ1n) is 7.11. The highest BCUT2D eigenvalue weighted by Crippen LogP contribution is 2.08. The number of hydrogen-bond donors (Lipinski definition) is 1. The lowest BCUT2D eigenvalue weighted by molar-refractivity contribution is -0.121. The van der Waals surface area contributed by atoms with E-state index in [0.29, 0.717) is 6.42 Å². The van der Waals surface area contributed by atoms with Gasteiger partial charge >= 0.3 is 0 Å². The molecule has 0 aliphatic rings. The van der Waals surface area contributed by atoms with Gasteiger partial charge in [0.2, 0.25) is 5.91 Å². The fraction of sp³-hybridized carbons (Fsp3) is 0.857. The molecule has 1 N–H and O–H groups in total. The highest BCUT2D eigenvalue weighted by molar-refractivity contribution is 5.76. The number of hydrogen-bond acceptors (Lipinski definition) is 2. The van der Waals surface area contributed by atoms with Crippen LogP contribution in [0.2, 0.25) is 0 Å². The molecular formula is C14H28N2O. The van der Waals surface area contributed by atoms with Crippen molar-refractivity contribution in [3.05, 3.63) is 0 Å². The van der Waals surface area contributed by atoms with Crippen molar-refractivity contribution in [1.29, 1.82) is 0 Å². The first kappa shape index (κ1) is 16.1. The number of carbonyl (C=O) groups excluding carboxylic acids is 1. The van der Waals surface area contributed by atoms with Gasteiger partial charge in [-0.05, 0) is 12.8 Å². The summed E-state index contributed by atoms with van der Waals surface area (Å²) in [4.78, 5) is 11.3. The minimum atomic E-state index is 0.0471.